The van der Waals surface area contributed by atoms with Crippen LogP contribution in [-0.4, -0.2) is 11.6 Å². The van der Waals surface area contributed by atoms with E-state index in [4.69, 9.17) is 0 Å². The van der Waals surface area contributed by atoms with Crippen LogP contribution in [0.15, 0.2) is 139 Å². The number of Topliss-reactive ketones (excluding diaryl/α,β-unsaturated/α-hetero) is 2. The average molecular weight is 532 g/mol. The molecule has 0 N–H and O–H groups in total. The lowest BCUT2D eigenvalue weighted by atomic mass is 10.0. The SMILES string of the molecule is C=C(/C=C\c1cccc(C=C2C(=O)c3cc4ccccc4cc3C2=O)c1)N(c1ccccc1)c1ccccc1CC. The van der Waals surface area contributed by atoms with Crippen molar-refractivity contribution in [1.82, 2.24) is 0 Å². The average Bonchev–Trinajstić information content (AvgIpc) is 3.24. The van der Waals surface area contributed by atoms with Crippen molar-refractivity contribution in [3.63, 3.8) is 0 Å². The van der Waals surface area contributed by atoms with Crippen molar-refractivity contribution >= 4 is 45.9 Å². The molecular weight excluding hydrogens is 502 g/mol. The molecule has 1 aliphatic rings. The van der Waals surface area contributed by atoms with Crippen LogP contribution in [-0.2, 0) is 6.42 Å². The van der Waals surface area contributed by atoms with Crippen LogP contribution in [0.25, 0.3) is 22.9 Å². The summed E-state index contributed by atoms with van der Waals surface area (Å²) in [6.07, 6.45) is 6.62. The van der Waals surface area contributed by atoms with E-state index in [2.05, 4.69) is 48.7 Å². The third-order valence-electron chi connectivity index (χ3n) is 7.47. The van der Waals surface area contributed by atoms with E-state index in [1.54, 1.807) is 6.08 Å². The van der Waals surface area contributed by atoms with Crippen molar-refractivity contribution in [3.05, 3.63) is 167 Å². The Morgan fingerprint density at radius 3 is 2.00 bits per heavy atom. The number of allylic oxidation sites excluding steroid dienone is 2. The van der Waals surface area contributed by atoms with Crippen LogP contribution in [0.3, 0.4) is 0 Å². The largest absolute Gasteiger partial charge is 0.311 e. The highest BCUT2D eigenvalue weighted by atomic mass is 16.2. The number of benzene rings is 5. The molecule has 0 saturated heterocycles. The first-order valence-electron chi connectivity index (χ1n) is 13.8. The number of rotatable bonds is 7. The van der Waals surface area contributed by atoms with Gasteiger partial charge in [-0.1, -0.05) is 98.4 Å². The van der Waals surface area contributed by atoms with Gasteiger partial charge in [-0.25, -0.2) is 0 Å². The summed E-state index contributed by atoms with van der Waals surface area (Å²) >= 11 is 0. The van der Waals surface area contributed by atoms with E-state index in [0.29, 0.717) is 11.1 Å². The zero-order valence-electron chi connectivity index (χ0n) is 22.9. The van der Waals surface area contributed by atoms with E-state index in [-0.39, 0.29) is 17.1 Å². The van der Waals surface area contributed by atoms with E-state index < -0.39 is 0 Å². The molecule has 0 amide bonds. The van der Waals surface area contributed by atoms with Crippen molar-refractivity contribution in [2.45, 2.75) is 13.3 Å². The summed E-state index contributed by atoms with van der Waals surface area (Å²) in [5.41, 5.74) is 7.07. The number of ketones is 2. The van der Waals surface area contributed by atoms with Crippen LogP contribution in [0.5, 0.6) is 0 Å². The number of carbonyl (C=O) groups excluding carboxylic acids is 2. The zero-order valence-corrected chi connectivity index (χ0v) is 22.9. The second-order valence-electron chi connectivity index (χ2n) is 10.1. The number of fused-ring (bicyclic) bond motifs is 2. The van der Waals surface area contributed by atoms with E-state index in [1.807, 2.05) is 97.1 Å². The zero-order chi connectivity index (χ0) is 28.3. The van der Waals surface area contributed by atoms with Gasteiger partial charge in [-0.05, 0) is 82.4 Å². The van der Waals surface area contributed by atoms with Crippen molar-refractivity contribution in [3.8, 4) is 0 Å². The van der Waals surface area contributed by atoms with Gasteiger partial charge in [0.2, 0.25) is 0 Å². The molecule has 0 unspecified atom stereocenters. The van der Waals surface area contributed by atoms with Gasteiger partial charge in [0.1, 0.15) is 0 Å². The summed E-state index contributed by atoms with van der Waals surface area (Å²) in [5.74, 6) is -0.448. The molecule has 0 aromatic heterocycles. The number of anilines is 2. The lowest BCUT2D eigenvalue weighted by Gasteiger charge is -2.27. The molecule has 0 heterocycles. The fourth-order valence-corrected chi connectivity index (χ4v) is 5.39. The van der Waals surface area contributed by atoms with Gasteiger partial charge in [0.15, 0.2) is 11.6 Å². The molecule has 0 spiro atoms. The normalized spacial score (nSPS) is 12.7. The number of carbonyl (C=O) groups is 2. The number of nitrogens with zero attached hydrogens (tertiary/aromatic N) is 1. The molecule has 198 valence electrons. The summed E-state index contributed by atoms with van der Waals surface area (Å²) in [6.45, 7) is 6.56. The molecule has 0 saturated carbocycles. The summed E-state index contributed by atoms with van der Waals surface area (Å²) in [7, 11) is 0. The van der Waals surface area contributed by atoms with Gasteiger partial charge in [0, 0.05) is 28.2 Å². The molecule has 0 radical (unpaired) electrons. The quantitative estimate of drug-likeness (QED) is 0.119. The van der Waals surface area contributed by atoms with Crippen LogP contribution in [0.4, 0.5) is 11.4 Å². The summed E-state index contributed by atoms with van der Waals surface area (Å²) in [5, 5.41) is 1.90. The fraction of sp³-hybridized carbons (Fsp3) is 0.0526. The third-order valence-corrected chi connectivity index (χ3v) is 7.47. The predicted octanol–water partition coefficient (Wildman–Crippen LogP) is 9.23. The molecule has 3 heteroatoms. The molecular formula is C38H29NO2. The standard InChI is InChI=1S/C38H29NO2/c1-3-29-14-9-10-19-36(29)39(32-17-5-4-6-18-32)26(2)20-21-27-12-11-13-28(22-27)23-35-37(40)33-24-30-15-7-8-16-31(30)25-34(33)38(35)41/h4-25H,2-3H2,1H3/b21-20-. The van der Waals surface area contributed by atoms with Crippen LogP contribution >= 0.6 is 0 Å². The highest BCUT2D eigenvalue weighted by Gasteiger charge is 2.33. The smallest absolute Gasteiger partial charge is 0.197 e. The van der Waals surface area contributed by atoms with Crippen LogP contribution < -0.4 is 4.90 Å². The van der Waals surface area contributed by atoms with Gasteiger partial charge >= 0.3 is 0 Å². The Balaban J connectivity index is 1.29. The third kappa shape index (κ3) is 5.06. The van der Waals surface area contributed by atoms with Crippen LogP contribution in [0.1, 0.15) is 44.3 Å². The van der Waals surface area contributed by atoms with E-state index in [1.165, 1.54) is 5.56 Å². The summed E-state index contributed by atoms with van der Waals surface area (Å²) in [6, 6.07) is 37.8. The van der Waals surface area contributed by atoms with Gasteiger partial charge in [0.25, 0.3) is 0 Å². The molecule has 3 nitrogen and oxygen atoms in total. The highest BCUT2D eigenvalue weighted by Crippen LogP contribution is 2.34. The van der Waals surface area contributed by atoms with Crippen molar-refractivity contribution in [2.75, 3.05) is 4.90 Å². The molecule has 5 aromatic carbocycles. The number of para-hydroxylation sites is 2. The Morgan fingerprint density at radius 1 is 0.707 bits per heavy atom. The number of hydrogen-bond acceptors (Lipinski definition) is 3. The maximum Gasteiger partial charge on any atom is 0.197 e. The van der Waals surface area contributed by atoms with Crippen LogP contribution in [0.2, 0.25) is 0 Å². The van der Waals surface area contributed by atoms with Gasteiger partial charge < -0.3 is 4.90 Å². The second-order valence-corrected chi connectivity index (χ2v) is 10.1. The molecule has 0 atom stereocenters. The number of aryl methyl sites for hydroxylation is 1. The summed E-state index contributed by atoms with van der Waals surface area (Å²) in [4.78, 5) is 28.6. The number of hydrogen-bond donors (Lipinski definition) is 0. The molecule has 5 aromatic rings. The Kier molecular flexibility index (Phi) is 7.01. The minimum Gasteiger partial charge on any atom is -0.311 e. The monoisotopic (exact) mass is 531 g/mol. The molecule has 0 bridgehead atoms. The Bertz CT molecular complexity index is 1820. The second kappa shape index (κ2) is 11.1. The van der Waals surface area contributed by atoms with Crippen molar-refractivity contribution in [1.29, 1.82) is 0 Å². The van der Waals surface area contributed by atoms with Gasteiger partial charge in [-0.3, -0.25) is 9.59 Å². The van der Waals surface area contributed by atoms with Crippen molar-refractivity contribution in [2.24, 2.45) is 0 Å². The van der Waals surface area contributed by atoms with E-state index >= 15 is 0 Å². The lowest BCUT2D eigenvalue weighted by molar-refractivity contribution is 0.0990. The van der Waals surface area contributed by atoms with Gasteiger partial charge in [-0.15, -0.1) is 0 Å². The molecule has 41 heavy (non-hydrogen) atoms. The first-order valence-corrected chi connectivity index (χ1v) is 13.8. The fourth-order valence-electron chi connectivity index (χ4n) is 5.39. The van der Waals surface area contributed by atoms with E-state index in [9.17, 15) is 9.59 Å². The van der Waals surface area contributed by atoms with E-state index in [0.717, 1.165) is 45.4 Å². The predicted molar refractivity (Wildman–Crippen MR) is 170 cm³/mol. The Hall–Kier alpha value is -5.28. The first-order chi connectivity index (χ1) is 20.0. The maximum absolute atomic E-state index is 13.2. The molecule has 6 rings (SSSR count). The minimum absolute atomic E-state index is 0.201. The summed E-state index contributed by atoms with van der Waals surface area (Å²) < 4.78 is 0. The molecule has 0 fully saturated rings. The van der Waals surface area contributed by atoms with Crippen molar-refractivity contribution < 1.29 is 9.59 Å². The highest BCUT2D eigenvalue weighted by molar-refractivity contribution is 6.42. The molecule has 0 aliphatic heterocycles. The maximum atomic E-state index is 13.2. The molecule has 1 aliphatic carbocycles. The van der Waals surface area contributed by atoms with Gasteiger partial charge in [0.05, 0.1) is 5.57 Å². The van der Waals surface area contributed by atoms with Crippen LogP contribution in [0, 0.1) is 0 Å². The topological polar surface area (TPSA) is 37.4 Å². The Labute approximate surface area is 240 Å². The minimum atomic E-state index is -0.224. The lowest BCUT2D eigenvalue weighted by Crippen LogP contribution is -2.15. The van der Waals surface area contributed by atoms with Gasteiger partial charge in [-0.2, -0.15) is 0 Å². The Morgan fingerprint density at radius 2 is 1.32 bits per heavy atom. The first kappa shape index (κ1) is 26.0.